The van der Waals surface area contributed by atoms with E-state index in [9.17, 15) is 0 Å². The van der Waals surface area contributed by atoms with E-state index in [0.717, 1.165) is 24.9 Å². The number of rotatable bonds is 3. The maximum atomic E-state index is 9.08. The van der Waals surface area contributed by atoms with Crippen molar-refractivity contribution in [3.05, 3.63) is 35.9 Å². The van der Waals surface area contributed by atoms with Gasteiger partial charge in [0.1, 0.15) is 0 Å². The summed E-state index contributed by atoms with van der Waals surface area (Å²) in [6.07, 6.45) is 1.90. The summed E-state index contributed by atoms with van der Waals surface area (Å²) in [6, 6.07) is 13.1. The molecule has 1 aromatic carbocycles. The fourth-order valence-electron chi connectivity index (χ4n) is 3.19. The Balaban J connectivity index is 2.17. The minimum Gasteiger partial charge on any atom is -0.295 e. The van der Waals surface area contributed by atoms with Gasteiger partial charge in [-0.1, -0.05) is 44.2 Å². The Hall–Kier alpha value is -1.33. The first-order valence-corrected chi connectivity index (χ1v) is 6.86. The third-order valence-electron chi connectivity index (χ3n) is 3.81. The molecule has 0 bridgehead atoms. The predicted molar refractivity (Wildman–Crippen MR) is 73.9 cm³/mol. The van der Waals surface area contributed by atoms with Crippen LogP contribution in [0.3, 0.4) is 0 Å². The third-order valence-corrected chi connectivity index (χ3v) is 3.81. The average Bonchev–Trinajstić information content (AvgIpc) is 2.36. The number of piperidine rings is 1. The van der Waals surface area contributed by atoms with Crippen molar-refractivity contribution < 1.29 is 0 Å². The Morgan fingerprint density at radius 1 is 1.22 bits per heavy atom. The maximum Gasteiger partial charge on any atom is 0.0641 e. The van der Waals surface area contributed by atoms with Crippen molar-refractivity contribution >= 4 is 0 Å². The van der Waals surface area contributed by atoms with Crippen molar-refractivity contribution in [1.29, 1.82) is 5.26 Å². The SMILES string of the molecule is CC1CC(C)CN(C(CC#N)c2ccccc2)C1. The van der Waals surface area contributed by atoms with E-state index in [1.165, 1.54) is 12.0 Å². The normalized spacial score (nSPS) is 26.5. The summed E-state index contributed by atoms with van der Waals surface area (Å²) in [5.41, 5.74) is 1.28. The Labute approximate surface area is 110 Å². The Morgan fingerprint density at radius 2 is 1.83 bits per heavy atom. The molecule has 0 spiro atoms. The summed E-state index contributed by atoms with van der Waals surface area (Å²) >= 11 is 0. The monoisotopic (exact) mass is 242 g/mol. The van der Waals surface area contributed by atoms with E-state index in [0.29, 0.717) is 6.42 Å². The molecule has 3 atom stereocenters. The molecule has 0 aliphatic carbocycles. The number of nitrogens with zero attached hydrogens (tertiary/aromatic N) is 2. The van der Waals surface area contributed by atoms with Crippen molar-refractivity contribution in [3.63, 3.8) is 0 Å². The van der Waals surface area contributed by atoms with Gasteiger partial charge in [-0.2, -0.15) is 5.26 Å². The van der Waals surface area contributed by atoms with E-state index >= 15 is 0 Å². The van der Waals surface area contributed by atoms with Crippen LogP contribution >= 0.6 is 0 Å². The topological polar surface area (TPSA) is 27.0 Å². The third kappa shape index (κ3) is 3.11. The largest absolute Gasteiger partial charge is 0.295 e. The van der Waals surface area contributed by atoms with E-state index < -0.39 is 0 Å². The highest BCUT2D eigenvalue weighted by Crippen LogP contribution is 2.31. The smallest absolute Gasteiger partial charge is 0.0641 e. The molecule has 0 N–H and O–H groups in total. The number of likely N-dealkylation sites (tertiary alicyclic amines) is 1. The summed E-state index contributed by atoms with van der Waals surface area (Å²) in [6.45, 7) is 6.87. The molecule has 96 valence electrons. The van der Waals surface area contributed by atoms with E-state index in [2.05, 4.69) is 49.1 Å². The molecule has 0 amide bonds. The molecule has 1 saturated heterocycles. The van der Waals surface area contributed by atoms with Gasteiger partial charge < -0.3 is 0 Å². The molecule has 2 rings (SSSR count). The van der Waals surface area contributed by atoms with Crippen molar-refractivity contribution in [2.45, 2.75) is 32.7 Å². The lowest BCUT2D eigenvalue weighted by Gasteiger charge is -2.39. The van der Waals surface area contributed by atoms with Crippen molar-refractivity contribution in [1.82, 2.24) is 4.90 Å². The molecular formula is C16H22N2. The highest BCUT2D eigenvalue weighted by molar-refractivity contribution is 5.20. The van der Waals surface area contributed by atoms with E-state index in [-0.39, 0.29) is 6.04 Å². The average molecular weight is 242 g/mol. The second kappa shape index (κ2) is 6.02. The molecular weight excluding hydrogens is 220 g/mol. The van der Waals surface area contributed by atoms with Gasteiger partial charge in [0.25, 0.3) is 0 Å². The van der Waals surface area contributed by atoms with Crippen LogP contribution in [0.2, 0.25) is 0 Å². The summed E-state index contributed by atoms with van der Waals surface area (Å²) in [5, 5.41) is 9.08. The van der Waals surface area contributed by atoms with Gasteiger partial charge >= 0.3 is 0 Å². The molecule has 0 radical (unpaired) electrons. The summed E-state index contributed by atoms with van der Waals surface area (Å²) < 4.78 is 0. The quantitative estimate of drug-likeness (QED) is 0.809. The molecule has 1 fully saturated rings. The molecule has 1 aliphatic rings. The van der Waals surface area contributed by atoms with Crippen LogP contribution in [-0.2, 0) is 0 Å². The second-order valence-corrected chi connectivity index (χ2v) is 5.69. The van der Waals surface area contributed by atoms with Gasteiger partial charge in [0, 0.05) is 19.1 Å². The minimum atomic E-state index is 0.265. The lowest BCUT2D eigenvalue weighted by Crippen LogP contribution is -2.41. The van der Waals surface area contributed by atoms with Gasteiger partial charge in [0.2, 0.25) is 0 Å². The summed E-state index contributed by atoms with van der Waals surface area (Å²) in [7, 11) is 0. The zero-order valence-corrected chi connectivity index (χ0v) is 11.3. The minimum absolute atomic E-state index is 0.265. The van der Waals surface area contributed by atoms with Gasteiger partial charge in [0.15, 0.2) is 0 Å². The number of benzene rings is 1. The Kier molecular flexibility index (Phi) is 4.38. The number of hydrogen-bond acceptors (Lipinski definition) is 2. The maximum absolute atomic E-state index is 9.08. The highest BCUT2D eigenvalue weighted by atomic mass is 15.2. The second-order valence-electron chi connectivity index (χ2n) is 5.69. The fraction of sp³-hybridized carbons (Fsp3) is 0.562. The summed E-state index contributed by atoms with van der Waals surface area (Å²) in [4.78, 5) is 2.50. The van der Waals surface area contributed by atoms with Gasteiger partial charge in [-0.25, -0.2) is 0 Å². The zero-order chi connectivity index (χ0) is 13.0. The van der Waals surface area contributed by atoms with Crippen LogP contribution in [0.1, 0.15) is 38.3 Å². The lowest BCUT2D eigenvalue weighted by atomic mass is 9.89. The first kappa shape index (κ1) is 13.1. The highest BCUT2D eigenvalue weighted by Gasteiger charge is 2.28. The first-order valence-electron chi connectivity index (χ1n) is 6.86. The van der Waals surface area contributed by atoms with E-state index in [4.69, 9.17) is 5.26 Å². The van der Waals surface area contributed by atoms with Gasteiger partial charge in [0.05, 0.1) is 12.5 Å². The number of hydrogen-bond donors (Lipinski definition) is 0. The fourth-order valence-corrected chi connectivity index (χ4v) is 3.19. The zero-order valence-electron chi connectivity index (χ0n) is 11.3. The van der Waals surface area contributed by atoms with Crippen LogP contribution in [-0.4, -0.2) is 18.0 Å². The van der Waals surface area contributed by atoms with Crippen LogP contribution < -0.4 is 0 Å². The van der Waals surface area contributed by atoms with Crippen molar-refractivity contribution in [2.75, 3.05) is 13.1 Å². The molecule has 1 heterocycles. The van der Waals surface area contributed by atoms with Crippen LogP contribution in [0.15, 0.2) is 30.3 Å². The van der Waals surface area contributed by atoms with E-state index in [1.54, 1.807) is 0 Å². The Bertz CT molecular complexity index is 397. The lowest BCUT2D eigenvalue weighted by molar-refractivity contribution is 0.0967. The predicted octanol–water partition coefficient (Wildman–Crippen LogP) is 3.62. The number of nitriles is 1. The molecule has 1 aliphatic heterocycles. The van der Waals surface area contributed by atoms with Crippen molar-refractivity contribution in [3.8, 4) is 6.07 Å². The van der Waals surface area contributed by atoms with Crippen LogP contribution in [0.4, 0.5) is 0 Å². The summed E-state index contributed by atoms with van der Waals surface area (Å²) in [5.74, 6) is 1.47. The first-order chi connectivity index (χ1) is 8.70. The van der Waals surface area contributed by atoms with Crippen LogP contribution in [0, 0.1) is 23.2 Å². The van der Waals surface area contributed by atoms with Gasteiger partial charge in [-0.3, -0.25) is 4.90 Å². The molecule has 0 saturated carbocycles. The van der Waals surface area contributed by atoms with Crippen LogP contribution in [0.25, 0.3) is 0 Å². The standard InChI is InChI=1S/C16H22N2/c1-13-10-14(2)12-18(11-13)16(8-9-17)15-6-4-3-5-7-15/h3-7,13-14,16H,8,10-12H2,1-2H3. The van der Waals surface area contributed by atoms with E-state index in [1.807, 2.05) is 6.07 Å². The van der Waals surface area contributed by atoms with Gasteiger partial charge in [-0.15, -0.1) is 0 Å². The van der Waals surface area contributed by atoms with Crippen LogP contribution in [0.5, 0.6) is 0 Å². The molecule has 2 heteroatoms. The van der Waals surface area contributed by atoms with Crippen molar-refractivity contribution in [2.24, 2.45) is 11.8 Å². The Morgan fingerprint density at radius 3 is 2.39 bits per heavy atom. The van der Waals surface area contributed by atoms with Gasteiger partial charge in [-0.05, 0) is 23.8 Å². The molecule has 1 aromatic rings. The molecule has 0 aromatic heterocycles. The molecule has 18 heavy (non-hydrogen) atoms. The molecule has 3 unspecified atom stereocenters. The molecule has 2 nitrogen and oxygen atoms in total.